The first-order valence-electron chi connectivity index (χ1n) is 10.8. The summed E-state index contributed by atoms with van der Waals surface area (Å²) in [4.78, 5) is 0. The molecule has 1 unspecified atom stereocenters. The summed E-state index contributed by atoms with van der Waals surface area (Å²) in [5.41, 5.74) is 9.89. The smallest absolute Gasteiger partial charge is 0.137 e. The maximum absolute atomic E-state index is 6.20. The average Bonchev–Trinajstić information content (AvgIpc) is 3.21. The van der Waals surface area contributed by atoms with E-state index >= 15 is 0 Å². The lowest BCUT2D eigenvalue weighted by atomic mass is 9.82. The summed E-state index contributed by atoms with van der Waals surface area (Å²) < 4.78 is 6.20. The molecule has 1 atom stereocenters. The van der Waals surface area contributed by atoms with Crippen LogP contribution in [0, 0.1) is 5.92 Å². The molecule has 2 nitrogen and oxygen atoms in total. The highest BCUT2D eigenvalue weighted by molar-refractivity contribution is 6.00. The van der Waals surface area contributed by atoms with Gasteiger partial charge in [0.05, 0.1) is 11.1 Å². The average molecular weight is 392 g/mol. The van der Waals surface area contributed by atoms with Crippen LogP contribution >= 0.6 is 0 Å². The van der Waals surface area contributed by atoms with E-state index in [1.807, 2.05) is 0 Å². The zero-order valence-electron chi connectivity index (χ0n) is 17.6. The second kappa shape index (κ2) is 6.12. The third kappa shape index (κ3) is 2.43. The summed E-state index contributed by atoms with van der Waals surface area (Å²) >= 11 is 0. The highest BCUT2D eigenvalue weighted by Crippen LogP contribution is 2.49. The maximum atomic E-state index is 6.20. The van der Waals surface area contributed by atoms with Gasteiger partial charge in [0.15, 0.2) is 0 Å². The summed E-state index contributed by atoms with van der Waals surface area (Å²) in [6.45, 7) is 6.86. The van der Waals surface area contributed by atoms with E-state index in [0.29, 0.717) is 5.92 Å². The van der Waals surface area contributed by atoms with Crippen LogP contribution in [-0.4, -0.2) is 0 Å². The molecule has 2 aliphatic rings. The molecule has 2 aliphatic carbocycles. The van der Waals surface area contributed by atoms with Gasteiger partial charge in [0.1, 0.15) is 11.3 Å². The van der Waals surface area contributed by atoms with Crippen molar-refractivity contribution in [1.82, 2.24) is 0 Å². The molecule has 3 aromatic carbocycles. The summed E-state index contributed by atoms with van der Waals surface area (Å²) in [6.07, 6.45) is 5.47. The second-order valence-corrected chi connectivity index (χ2v) is 9.21. The fraction of sp³-hybridized carbons (Fsp3) is 0.214. The van der Waals surface area contributed by atoms with Gasteiger partial charge in [0.25, 0.3) is 0 Å². The van der Waals surface area contributed by atoms with Gasteiger partial charge >= 0.3 is 0 Å². The third-order valence-corrected chi connectivity index (χ3v) is 6.79. The van der Waals surface area contributed by atoms with Crippen molar-refractivity contribution in [2.75, 3.05) is 5.32 Å². The Morgan fingerprint density at radius 1 is 0.933 bits per heavy atom. The van der Waals surface area contributed by atoms with Gasteiger partial charge in [-0.05, 0) is 52.4 Å². The van der Waals surface area contributed by atoms with Gasteiger partial charge in [-0.25, -0.2) is 0 Å². The van der Waals surface area contributed by atoms with Crippen molar-refractivity contribution in [1.29, 1.82) is 0 Å². The van der Waals surface area contributed by atoms with Gasteiger partial charge in [0, 0.05) is 23.1 Å². The van der Waals surface area contributed by atoms with E-state index in [1.165, 1.54) is 33.2 Å². The minimum absolute atomic E-state index is 0.0373. The molecular formula is C28H25NO. The van der Waals surface area contributed by atoms with Crippen LogP contribution in [0.15, 0.2) is 71.2 Å². The number of hydrogen-bond acceptors (Lipinski definition) is 2. The van der Waals surface area contributed by atoms with Crippen LogP contribution < -0.4 is 5.32 Å². The number of hydrogen-bond donors (Lipinski definition) is 1. The summed E-state index contributed by atoms with van der Waals surface area (Å²) in [6, 6.07) is 21.8. The van der Waals surface area contributed by atoms with E-state index in [-0.39, 0.29) is 5.41 Å². The highest BCUT2D eigenvalue weighted by atomic mass is 16.3. The van der Waals surface area contributed by atoms with Gasteiger partial charge < -0.3 is 9.73 Å². The SMILES string of the molecule is CC1C=Cc2c(oc3cccc(Nc4ccc5c(c4)-c4ccccc4C5(C)C)c23)C1. The molecule has 2 heteroatoms. The first-order valence-corrected chi connectivity index (χ1v) is 10.8. The molecule has 0 radical (unpaired) electrons. The largest absolute Gasteiger partial charge is 0.460 e. The van der Waals surface area contributed by atoms with Crippen LogP contribution in [0.5, 0.6) is 0 Å². The van der Waals surface area contributed by atoms with Crippen molar-refractivity contribution in [2.24, 2.45) is 5.92 Å². The zero-order chi connectivity index (χ0) is 20.5. The lowest BCUT2D eigenvalue weighted by Crippen LogP contribution is -2.14. The standard InChI is InChI=1S/C28H25NO/c1-17-11-13-20-26(15-17)30-25-10-6-9-24(27(20)25)29-18-12-14-23-21(16-18)19-7-4-5-8-22(19)28(23,2)3/h4-14,16-17,29H,15H2,1-3H3. The fourth-order valence-corrected chi connectivity index (χ4v) is 5.23. The first-order chi connectivity index (χ1) is 14.5. The van der Waals surface area contributed by atoms with Crippen LogP contribution in [0.1, 0.15) is 43.2 Å². The maximum Gasteiger partial charge on any atom is 0.137 e. The molecule has 0 spiro atoms. The Kier molecular flexibility index (Phi) is 3.59. The Morgan fingerprint density at radius 3 is 2.67 bits per heavy atom. The number of rotatable bonds is 2. The summed E-state index contributed by atoms with van der Waals surface area (Å²) in [5, 5.41) is 4.87. The quantitative estimate of drug-likeness (QED) is 0.379. The number of fused-ring (bicyclic) bond motifs is 6. The Bertz CT molecular complexity index is 1340. The van der Waals surface area contributed by atoms with E-state index in [1.54, 1.807) is 0 Å². The van der Waals surface area contributed by atoms with Crippen molar-refractivity contribution in [3.8, 4) is 11.1 Å². The molecule has 0 amide bonds. The van der Waals surface area contributed by atoms with Crippen LogP contribution in [-0.2, 0) is 11.8 Å². The summed E-state index contributed by atoms with van der Waals surface area (Å²) in [7, 11) is 0. The van der Waals surface area contributed by atoms with Crippen LogP contribution in [0.25, 0.3) is 28.2 Å². The lowest BCUT2D eigenvalue weighted by Gasteiger charge is -2.21. The Labute approximate surface area is 177 Å². The van der Waals surface area contributed by atoms with Gasteiger partial charge in [-0.15, -0.1) is 0 Å². The Morgan fingerprint density at radius 2 is 1.77 bits per heavy atom. The van der Waals surface area contributed by atoms with Crippen molar-refractivity contribution in [3.63, 3.8) is 0 Å². The van der Waals surface area contributed by atoms with Gasteiger partial charge in [-0.1, -0.05) is 69.3 Å². The molecule has 0 saturated carbocycles. The van der Waals surface area contributed by atoms with Crippen molar-refractivity contribution >= 4 is 28.4 Å². The predicted molar refractivity (Wildman–Crippen MR) is 125 cm³/mol. The molecule has 0 bridgehead atoms. The number of nitrogens with one attached hydrogen (secondary N) is 1. The minimum Gasteiger partial charge on any atom is -0.460 e. The van der Waals surface area contributed by atoms with Crippen molar-refractivity contribution in [3.05, 3.63) is 89.2 Å². The molecule has 4 aromatic rings. The molecule has 1 N–H and O–H groups in total. The first kappa shape index (κ1) is 17.6. The van der Waals surface area contributed by atoms with Gasteiger partial charge in [-0.3, -0.25) is 0 Å². The monoisotopic (exact) mass is 391 g/mol. The third-order valence-electron chi connectivity index (χ3n) is 6.79. The van der Waals surface area contributed by atoms with E-state index in [9.17, 15) is 0 Å². The molecule has 0 fully saturated rings. The number of allylic oxidation sites excluding steroid dienone is 1. The van der Waals surface area contributed by atoms with Gasteiger partial charge in [-0.2, -0.15) is 0 Å². The van der Waals surface area contributed by atoms with E-state index in [4.69, 9.17) is 4.42 Å². The lowest BCUT2D eigenvalue weighted by molar-refractivity contribution is 0.513. The zero-order valence-corrected chi connectivity index (χ0v) is 17.6. The molecular weight excluding hydrogens is 366 g/mol. The van der Waals surface area contributed by atoms with Crippen molar-refractivity contribution < 1.29 is 4.42 Å². The number of furan rings is 1. The Balaban J connectivity index is 1.46. The number of anilines is 2. The van der Waals surface area contributed by atoms with E-state index < -0.39 is 0 Å². The number of benzene rings is 3. The molecule has 1 aromatic heterocycles. The molecule has 148 valence electrons. The topological polar surface area (TPSA) is 25.2 Å². The molecule has 1 heterocycles. The van der Waals surface area contributed by atoms with Crippen LogP contribution in [0.4, 0.5) is 11.4 Å². The second-order valence-electron chi connectivity index (χ2n) is 9.21. The fourth-order valence-electron chi connectivity index (χ4n) is 5.23. The predicted octanol–water partition coefficient (Wildman–Crippen LogP) is 7.69. The van der Waals surface area contributed by atoms with E-state index in [0.717, 1.165) is 29.1 Å². The summed E-state index contributed by atoms with van der Waals surface area (Å²) in [5.74, 6) is 1.62. The normalized spacial score (nSPS) is 18.2. The van der Waals surface area contributed by atoms with Gasteiger partial charge in [0.2, 0.25) is 0 Å². The minimum atomic E-state index is 0.0373. The van der Waals surface area contributed by atoms with Crippen LogP contribution in [0.2, 0.25) is 0 Å². The molecule has 30 heavy (non-hydrogen) atoms. The van der Waals surface area contributed by atoms with Crippen molar-refractivity contribution in [2.45, 2.75) is 32.6 Å². The molecule has 0 saturated heterocycles. The molecule has 0 aliphatic heterocycles. The highest BCUT2D eigenvalue weighted by Gasteiger charge is 2.35. The van der Waals surface area contributed by atoms with Crippen LogP contribution in [0.3, 0.4) is 0 Å². The van der Waals surface area contributed by atoms with E-state index in [2.05, 4.69) is 98.9 Å². The Hall–Kier alpha value is -3.26. The molecule has 6 rings (SSSR count).